The van der Waals surface area contributed by atoms with Crippen molar-refractivity contribution in [3.05, 3.63) is 53.1 Å². The van der Waals surface area contributed by atoms with Crippen LogP contribution >= 0.6 is 23.4 Å². The molecule has 2 amide bonds. The van der Waals surface area contributed by atoms with Gasteiger partial charge in [-0.25, -0.2) is 0 Å². The second kappa shape index (κ2) is 9.64. The third-order valence-electron chi connectivity index (χ3n) is 7.39. The fraction of sp³-hybridized carbons (Fsp3) is 0.500. The number of anilines is 1. The first-order chi connectivity index (χ1) is 16.9. The number of likely N-dealkylation sites (tertiary alicyclic amines) is 1. The summed E-state index contributed by atoms with van der Waals surface area (Å²) in [6.07, 6.45) is 9.62. The molecule has 0 aliphatic carbocycles. The molecule has 4 aliphatic heterocycles. The van der Waals surface area contributed by atoms with Gasteiger partial charge in [0, 0.05) is 24.9 Å². The Morgan fingerprint density at radius 1 is 1.20 bits per heavy atom. The number of carbonyl (C=O) groups excluding carboxylic acids is 3. The summed E-state index contributed by atoms with van der Waals surface area (Å²) in [6, 6.07) is 4.73. The average Bonchev–Trinajstić information content (AvgIpc) is 3.19. The van der Waals surface area contributed by atoms with E-state index in [1.54, 1.807) is 15.9 Å². The molecule has 7 nitrogen and oxygen atoms in total. The van der Waals surface area contributed by atoms with Crippen molar-refractivity contribution >= 4 is 46.8 Å². The van der Waals surface area contributed by atoms with Crippen molar-refractivity contribution in [1.82, 2.24) is 4.90 Å². The van der Waals surface area contributed by atoms with Crippen LogP contribution in [-0.4, -0.2) is 70.1 Å². The molecule has 0 aromatic heterocycles. The third kappa shape index (κ3) is 3.90. The lowest BCUT2D eigenvalue weighted by atomic mass is 9.78. The van der Waals surface area contributed by atoms with Crippen LogP contribution in [0.3, 0.4) is 0 Å². The van der Waals surface area contributed by atoms with Gasteiger partial charge in [0.15, 0.2) is 0 Å². The van der Waals surface area contributed by atoms with Gasteiger partial charge in [0.2, 0.25) is 5.91 Å². The van der Waals surface area contributed by atoms with Gasteiger partial charge in [0.1, 0.15) is 6.04 Å². The molecule has 1 N–H and O–H groups in total. The van der Waals surface area contributed by atoms with Crippen molar-refractivity contribution < 1.29 is 24.2 Å². The highest BCUT2D eigenvalue weighted by molar-refractivity contribution is 8.02. The zero-order valence-corrected chi connectivity index (χ0v) is 21.1. The number of rotatable bonds is 5. The first-order valence-electron chi connectivity index (χ1n) is 12.1. The molecule has 35 heavy (non-hydrogen) atoms. The molecule has 0 saturated carbocycles. The Morgan fingerprint density at radius 2 is 2.03 bits per heavy atom. The maximum Gasteiger partial charge on any atom is 0.311 e. The van der Waals surface area contributed by atoms with Gasteiger partial charge in [-0.15, -0.1) is 11.8 Å². The van der Waals surface area contributed by atoms with Gasteiger partial charge in [-0.05, 0) is 37.8 Å². The molecule has 5 rings (SSSR count). The summed E-state index contributed by atoms with van der Waals surface area (Å²) >= 11 is 8.08. The second-order valence-corrected chi connectivity index (χ2v) is 11.3. The van der Waals surface area contributed by atoms with Gasteiger partial charge in [-0.2, -0.15) is 0 Å². The lowest BCUT2D eigenvalue weighted by Crippen LogP contribution is -2.53. The van der Waals surface area contributed by atoms with Crippen LogP contribution in [0.2, 0.25) is 5.02 Å². The summed E-state index contributed by atoms with van der Waals surface area (Å²) in [5.41, 5.74) is 1.51. The van der Waals surface area contributed by atoms with Crippen molar-refractivity contribution in [2.24, 2.45) is 11.8 Å². The van der Waals surface area contributed by atoms with Gasteiger partial charge in [0.25, 0.3) is 5.91 Å². The van der Waals surface area contributed by atoms with E-state index in [2.05, 4.69) is 0 Å². The minimum absolute atomic E-state index is 0.0105. The number of hydrogen-bond acceptors (Lipinski definition) is 6. The molecule has 4 heterocycles. The summed E-state index contributed by atoms with van der Waals surface area (Å²) < 4.78 is 4.61. The van der Waals surface area contributed by atoms with Crippen LogP contribution < -0.4 is 4.90 Å². The van der Waals surface area contributed by atoms with E-state index in [1.807, 2.05) is 43.4 Å². The van der Waals surface area contributed by atoms with Crippen molar-refractivity contribution in [2.45, 2.75) is 42.2 Å². The minimum atomic E-state index is -0.889. The molecule has 2 fully saturated rings. The summed E-state index contributed by atoms with van der Waals surface area (Å²) in [4.78, 5) is 44.7. The maximum atomic E-state index is 14.3. The number of carbonyl (C=O) groups is 3. The fourth-order valence-electron chi connectivity index (χ4n) is 5.91. The summed E-state index contributed by atoms with van der Waals surface area (Å²) in [7, 11) is 0. The molecule has 2 saturated heterocycles. The molecule has 1 unspecified atom stereocenters. The molecular formula is C26H29ClN2O5S. The number of hydrogen-bond donors (Lipinski definition) is 1. The largest absolute Gasteiger partial charge is 0.465 e. The van der Waals surface area contributed by atoms with E-state index < -0.39 is 22.6 Å². The van der Waals surface area contributed by atoms with Crippen molar-refractivity contribution in [3.8, 4) is 0 Å². The number of thioether (sulfide) groups is 1. The number of aryl methyl sites for hydroxylation is 1. The molecule has 4 aliphatic rings. The summed E-state index contributed by atoms with van der Waals surface area (Å²) in [6.45, 7) is 2.86. The second-order valence-electron chi connectivity index (χ2n) is 9.45. The Bertz CT molecular complexity index is 1090. The van der Waals surface area contributed by atoms with Crippen molar-refractivity contribution in [2.75, 3.05) is 31.2 Å². The SMILES string of the molecule is Cc1cccc(Cl)c1N1CC=C[C@]23S[C@H]4C=CCCOC(=O)[C@H]4[C@H]2C(=O)N(CCCCO)C3C1=O. The molecule has 0 bridgehead atoms. The van der Waals surface area contributed by atoms with E-state index in [0.29, 0.717) is 43.1 Å². The van der Waals surface area contributed by atoms with Crippen molar-refractivity contribution in [3.63, 3.8) is 0 Å². The standard InChI is InChI=1S/C26H29ClN2O5S/c1-16-8-6-9-17(27)21(16)28-13-7-11-26-20(19-18(35-26)10-2-5-15-34-25(19)33)23(31)29(12-3-4-14-30)22(26)24(28)32/h2,6-11,18-20,22,30H,3-5,12-15H2,1H3/t18-,19+,20-,22?,26-/m0/s1. The lowest BCUT2D eigenvalue weighted by molar-refractivity contribution is -0.153. The Morgan fingerprint density at radius 3 is 2.80 bits per heavy atom. The lowest BCUT2D eigenvalue weighted by Gasteiger charge is -2.35. The quantitative estimate of drug-likeness (QED) is 0.367. The number of aliphatic hydroxyl groups excluding tert-OH is 1. The van der Waals surface area contributed by atoms with Crippen LogP contribution in [0.15, 0.2) is 42.5 Å². The van der Waals surface area contributed by atoms with Gasteiger partial charge in [0.05, 0.1) is 33.9 Å². The zero-order chi connectivity index (χ0) is 24.7. The number of nitrogens with zero attached hydrogens (tertiary/aromatic N) is 2. The molecule has 1 aromatic carbocycles. The van der Waals surface area contributed by atoms with E-state index in [1.165, 1.54) is 11.8 Å². The third-order valence-corrected chi connectivity index (χ3v) is 9.44. The molecule has 0 radical (unpaired) electrons. The molecular weight excluding hydrogens is 488 g/mol. The topological polar surface area (TPSA) is 87.2 Å². The maximum absolute atomic E-state index is 14.3. The number of fused-ring (bicyclic) bond motifs is 2. The first-order valence-corrected chi connectivity index (χ1v) is 13.3. The number of cyclic esters (lactones) is 1. The average molecular weight is 517 g/mol. The highest BCUT2D eigenvalue weighted by atomic mass is 35.5. The highest BCUT2D eigenvalue weighted by Crippen LogP contribution is 2.61. The number of halogens is 1. The molecule has 5 atom stereocenters. The number of amides is 2. The van der Waals surface area contributed by atoms with Crippen LogP contribution in [0, 0.1) is 18.8 Å². The number of aliphatic hydroxyl groups is 1. The Kier molecular flexibility index (Phi) is 6.72. The van der Waals surface area contributed by atoms with E-state index in [4.69, 9.17) is 16.3 Å². The van der Waals surface area contributed by atoms with E-state index in [0.717, 1.165) is 5.56 Å². The van der Waals surface area contributed by atoms with Crippen LogP contribution in [0.25, 0.3) is 0 Å². The predicted octanol–water partition coefficient (Wildman–Crippen LogP) is 3.12. The molecule has 9 heteroatoms. The molecule has 186 valence electrons. The van der Waals surface area contributed by atoms with Crippen LogP contribution in [0.1, 0.15) is 24.8 Å². The van der Waals surface area contributed by atoms with Crippen LogP contribution in [0.4, 0.5) is 5.69 Å². The summed E-state index contributed by atoms with van der Waals surface area (Å²) in [5.74, 6) is -2.12. The number of para-hydroxylation sites is 1. The zero-order valence-electron chi connectivity index (χ0n) is 19.6. The fourth-order valence-corrected chi connectivity index (χ4v) is 8.23. The van der Waals surface area contributed by atoms with E-state index in [9.17, 15) is 19.5 Å². The van der Waals surface area contributed by atoms with Crippen molar-refractivity contribution in [1.29, 1.82) is 0 Å². The first kappa shape index (κ1) is 24.4. The van der Waals surface area contributed by atoms with Gasteiger partial charge >= 0.3 is 5.97 Å². The Hall–Kier alpha value is -2.29. The van der Waals surface area contributed by atoms with E-state index >= 15 is 0 Å². The van der Waals surface area contributed by atoms with E-state index in [-0.39, 0.29) is 36.2 Å². The smallest absolute Gasteiger partial charge is 0.311 e. The minimum Gasteiger partial charge on any atom is -0.465 e. The Balaban J connectivity index is 1.62. The molecule has 1 spiro atoms. The number of esters is 1. The number of unbranched alkanes of at least 4 members (excludes halogenated alkanes) is 1. The monoisotopic (exact) mass is 516 g/mol. The van der Waals surface area contributed by atoms with Gasteiger partial charge < -0.3 is 19.6 Å². The highest BCUT2D eigenvalue weighted by Gasteiger charge is 2.71. The van der Waals surface area contributed by atoms with Gasteiger partial charge in [-0.1, -0.05) is 48.0 Å². The number of ether oxygens (including phenoxy) is 1. The summed E-state index contributed by atoms with van der Waals surface area (Å²) in [5, 5.41) is 9.55. The number of benzene rings is 1. The van der Waals surface area contributed by atoms with Crippen LogP contribution in [0.5, 0.6) is 0 Å². The van der Waals surface area contributed by atoms with Crippen LogP contribution in [-0.2, 0) is 19.1 Å². The molecule has 1 aromatic rings. The van der Waals surface area contributed by atoms with Gasteiger partial charge in [-0.3, -0.25) is 14.4 Å². The predicted molar refractivity (Wildman–Crippen MR) is 135 cm³/mol. The normalized spacial score (nSPS) is 32.0. The Labute approximate surface area is 214 Å².